The molecule has 0 aliphatic rings. The highest BCUT2D eigenvalue weighted by atomic mass is 16.2. The normalized spacial score (nSPS) is 12.1. The molecule has 0 fully saturated rings. The predicted octanol–water partition coefficient (Wildman–Crippen LogP) is 5.72. The molecule has 0 aliphatic carbocycles. The average molecular weight is 521 g/mol. The monoisotopic (exact) mass is 520 g/mol. The number of nitrogens with one attached hydrogen (secondary N) is 4. The zero-order valence-corrected chi connectivity index (χ0v) is 22.0. The molecule has 0 saturated carbocycles. The number of benzene rings is 4. The van der Waals surface area contributed by atoms with Gasteiger partial charge in [0.2, 0.25) is 5.91 Å². The first-order valence-corrected chi connectivity index (χ1v) is 12.8. The molecule has 0 spiro atoms. The van der Waals surface area contributed by atoms with Gasteiger partial charge in [0, 0.05) is 22.5 Å². The smallest absolute Gasteiger partial charge is 0.251 e. The molecule has 0 aliphatic heterocycles. The highest BCUT2D eigenvalue weighted by Crippen LogP contribution is 2.16. The van der Waals surface area contributed by atoms with E-state index in [2.05, 4.69) is 21.3 Å². The maximum atomic E-state index is 12.7. The fraction of sp³-hybridized carbons (Fsp3) is 0.156. The second-order valence-electron chi connectivity index (χ2n) is 9.27. The summed E-state index contributed by atoms with van der Waals surface area (Å²) in [4.78, 5) is 37.8. The maximum absolute atomic E-state index is 12.7. The summed E-state index contributed by atoms with van der Waals surface area (Å²) in [6.45, 7) is 3.89. The van der Waals surface area contributed by atoms with Gasteiger partial charge in [0.1, 0.15) is 0 Å². The summed E-state index contributed by atoms with van der Waals surface area (Å²) in [5.41, 5.74) is 4.27. The van der Waals surface area contributed by atoms with Crippen LogP contribution in [0.25, 0.3) is 0 Å². The number of carbonyl (C=O) groups is 3. The van der Waals surface area contributed by atoms with E-state index in [0.29, 0.717) is 22.5 Å². The molecule has 4 aromatic rings. The van der Waals surface area contributed by atoms with E-state index in [4.69, 9.17) is 0 Å². The van der Waals surface area contributed by atoms with Crippen LogP contribution in [0.1, 0.15) is 57.8 Å². The first-order chi connectivity index (χ1) is 18.9. The molecule has 198 valence electrons. The molecule has 7 nitrogen and oxygen atoms in total. The molecule has 4 rings (SSSR count). The lowest BCUT2D eigenvalue weighted by Gasteiger charge is -2.15. The van der Waals surface area contributed by atoms with E-state index >= 15 is 0 Å². The number of rotatable bonds is 10. The summed E-state index contributed by atoms with van der Waals surface area (Å²) in [5, 5.41) is 11.8. The molecule has 0 radical (unpaired) electrons. The van der Waals surface area contributed by atoms with Crippen molar-refractivity contribution in [2.24, 2.45) is 0 Å². The molecular formula is C32H32N4O3. The third kappa shape index (κ3) is 7.79. The summed E-state index contributed by atoms with van der Waals surface area (Å²) in [5.74, 6) is -0.649. The second kappa shape index (κ2) is 13.1. The zero-order chi connectivity index (χ0) is 27.6. The Morgan fingerprint density at radius 2 is 1.13 bits per heavy atom. The van der Waals surface area contributed by atoms with E-state index in [-0.39, 0.29) is 36.3 Å². The SMILES string of the molecule is CC(NC(=O)c1ccc(NCC(=O)Nc2cccc(C(=O)NC(C)c3ccccc3)c2)cc1)c1ccccc1. The van der Waals surface area contributed by atoms with Crippen LogP contribution in [0.5, 0.6) is 0 Å². The molecule has 0 aromatic heterocycles. The topological polar surface area (TPSA) is 99.3 Å². The Kier molecular flexibility index (Phi) is 9.08. The van der Waals surface area contributed by atoms with Crippen molar-refractivity contribution in [3.05, 3.63) is 131 Å². The van der Waals surface area contributed by atoms with Gasteiger partial charge in [0.15, 0.2) is 0 Å². The maximum Gasteiger partial charge on any atom is 0.251 e. The highest BCUT2D eigenvalue weighted by Gasteiger charge is 2.13. The van der Waals surface area contributed by atoms with Crippen LogP contribution >= 0.6 is 0 Å². The standard InChI is InChI=1S/C32H32N4O3/c1-22(24-10-5-3-6-11-24)34-31(38)26-16-18-28(19-17-26)33-21-30(37)36-29-15-9-14-27(20-29)32(39)35-23(2)25-12-7-4-8-13-25/h3-20,22-23,33H,21H2,1-2H3,(H,34,38)(H,35,39)(H,36,37). The summed E-state index contributed by atoms with van der Waals surface area (Å²) < 4.78 is 0. The summed E-state index contributed by atoms with van der Waals surface area (Å²) in [7, 11) is 0. The van der Waals surface area contributed by atoms with Gasteiger partial charge in [-0.2, -0.15) is 0 Å². The lowest BCUT2D eigenvalue weighted by atomic mass is 10.1. The molecular weight excluding hydrogens is 488 g/mol. The third-order valence-corrected chi connectivity index (χ3v) is 6.30. The van der Waals surface area contributed by atoms with Crippen molar-refractivity contribution < 1.29 is 14.4 Å². The number of anilines is 2. The lowest BCUT2D eigenvalue weighted by Crippen LogP contribution is -2.27. The van der Waals surface area contributed by atoms with Gasteiger partial charge in [0.05, 0.1) is 18.6 Å². The van der Waals surface area contributed by atoms with Crippen molar-refractivity contribution in [1.29, 1.82) is 0 Å². The van der Waals surface area contributed by atoms with Crippen LogP contribution in [0.3, 0.4) is 0 Å². The Morgan fingerprint density at radius 3 is 1.69 bits per heavy atom. The summed E-state index contributed by atoms with van der Waals surface area (Å²) in [6.07, 6.45) is 0. The number of carbonyl (C=O) groups excluding carboxylic acids is 3. The van der Waals surface area contributed by atoms with E-state index in [0.717, 1.165) is 11.1 Å². The van der Waals surface area contributed by atoms with E-state index in [1.54, 1.807) is 48.5 Å². The van der Waals surface area contributed by atoms with E-state index in [1.165, 1.54) is 0 Å². The molecule has 7 heteroatoms. The van der Waals surface area contributed by atoms with Gasteiger partial charge in [-0.25, -0.2) is 0 Å². The van der Waals surface area contributed by atoms with Gasteiger partial charge < -0.3 is 21.3 Å². The molecule has 4 aromatic carbocycles. The van der Waals surface area contributed by atoms with Crippen molar-refractivity contribution in [3.8, 4) is 0 Å². The van der Waals surface area contributed by atoms with Gasteiger partial charge in [-0.1, -0.05) is 66.7 Å². The number of hydrogen-bond donors (Lipinski definition) is 4. The Hall–Kier alpha value is -4.91. The predicted molar refractivity (Wildman–Crippen MR) is 155 cm³/mol. The third-order valence-electron chi connectivity index (χ3n) is 6.30. The summed E-state index contributed by atoms with van der Waals surface area (Å²) in [6, 6.07) is 33.0. The molecule has 4 N–H and O–H groups in total. The van der Waals surface area contributed by atoms with Gasteiger partial charge >= 0.3 is 0 Å². The van der Waals surface area contributed by atoms with Crippen LogP contribution in [0.4, 0.5) is 11.4 Å². The van der Waals surface area contributed by atoms with Crippen LogP contribution < -0.4 is 21.3 Å². The molecule has 0 bridgehead atoms. The lowest BCUT2D eigenvalue weighted by molar-refractivity contribution is -0.114. The Morgan fingerprint density at radius 1 is 0.590 bits per heavy atom. The minimum absolute atomic E-state index is 0.0258. The van der Waals surface area contributed by atoms with Gasteiger partial charge in [-0.05, 0) is 67.4 Å². The van der Waals surface area contributed by atoms with E-state index in [1.807, 2.05) is 74.5 Å². The van der Waals surface area contributed by atoms with Crippen LogP contribution in [-0.4, -0.2) is 24.3 Å². The van der Waals surface area contributed by atoms with Crippen molar-refractivity contribution in [1.82, 2.24) is 10.6 Å². The fourth-order valence-electron chi connectivity index (χ4n) is 4.08. The van der Waals surface area contributed by atoms with Gasteiger partial charge in [-0.15, -0.1) is 0 Å². The van der Waals surface area contributed by atoms with Crippen molar-refractivity contribution in [3.63, 3.8) is 0 Å². The summed E-state index contributed by atoms with van der Waals surface area (Å²) >= 11 is 0. The zero-order valence-electron chi connectivity index (χ0n) is 22.0. The van der Waals surface area contributed by atoms with Crippen LogP contribution in [0.15, 0.2) is 109 Å². The van der Waals surface area contributed by atoms with Crippen molar-refractivity contribution in [2.45, 2.75) is 25.9 Å². The Bertz CT molecular complexity index is 1410. The quantitative estimate of drug-likeness (QED) is 0.215. The van der Waals surface area contributed by atoms with Crippen LogP contribution in [-0.2, 0) is 4.79 Å². The van der Waals surface area contributed by atoms with Crippen molar-refractivity contribution in [2.75, 3.05) is 17.2 Å². The first-order valence-electron chi connectivity index (χ1n) is 12.8. The fourth-order valence-corrected chi connectivity index (χ4v) is 4.08. The van der Waals surface area contributed by atoms with Crippen molar-refractivity contribution >= 4 is 29.1 Å². The number of amides is 3. The largest absolute Gasteiger partial charge is 0.376 e. The second-order valence-corrected chi connectivity index (χ2v) is 9.27. The Labute approximate surface area is 228 Å². The molecule has 3 amide bonds. The minimum Gasteiger partial charge on any atom is -0.376 e. The minimum atomic E-state index is -0.260. The Balaban J connectivity index is 1.26. The van der Waals surface area contributed by atoms with E-state index in [9.17, 15) is 14.4 Å². The first kappa shape index (κ1) is 27.1. The van der Waals surface area contributed by atoms with Gasteiger partial charge in [-0.3, -0.25) is 14.4 Å². The van der Waals surface area contributed by atoms with Crippen LogP contribution in [0.2, 0.25) is 0 Å². The molecule has 0 saturated heterocycles. The van der Waals surface area contributed by atoms with Gasteiger partial charge in [0.25, 0.3) is 11.8 Å². The highest BCUT2D eigenvalue weighted by molar-refractivity contribution is 5.98. The number of hydrogen-bond acceptors (Lipinski definition) is 4. The molecule has 2 atom stereocenters. The average Bonchev–Trinajstić information content (AvgIpc) is 2.97. The molecule has 2 unspecified atom stereocenters. The molecule has 0 heterocycles. The van der Waals surface area contributed by atoms with E-state index < -0.39 is 0 Å². The van der Waals surface area contributed by atoms with Crippen LogP contribution in [0, 0.1) is 0 Å². The molecule has 39 heavy (non-hydrogen) atoms.